The van der Waals surface area contributed by atoms with Crippen LogP contribution in [0.25, 0.3) is 70.0 Å². The summed E-state index contributed by atoms with van der Waals surface area (Å²) in [5.74, 6) is 0. The van der Waals surface area contributed by atoms with Crippen LogP contribution in [0.2, 0.25) is 0 Å². The number of H-pyrrole nitrogens is 1. The fraction of sp³-hybridized carbons (Fsp3) is 0.105. The standard InChI is InChI=1S/C38H26BN2S/c1-20-18-26(21-12-8-13-24-32-23-11-5-7-17-30(23)42-37(32)40-34(21)24)33-29(19-20)41-35-25(14-9-16-28(35)39-33)31-22-10-4-6-15-27(22)38(2,3)36(31)41/h4-19,40H,1-3H3. The van der Waals surface area contributed by atoms with Gasteiger partial charge in [-0.15, -0.1) is 11.3 Å². The van der Waals surface area contributed by atoms with Gasteiger partial charge < -0.3 is 9.55 Å². The highest BCUT2D eigenvalue weighted by atomic mass is 32.1. The molecule has 0 atom stereocenters. The van der Waals surface area contributed by atoms with E-state index < -0.39 is 0 Å². The topological polar surface area (TPSA) is 20.7 Å². The second-order valence-corrected chi connectivity index (χ2v) is 13.6. The van der Waals surface area contributed by atoms with Crippen LogP contribution >= 0.6 is 11.3 Å². The molecule has 4 heterocycles. The molecule has 0 spiro atoms. The predicted octanol–water partition coefficient (Wildman–Crippen LogP) is 8.73. The van der Waals surface area contributed by atoms with Gasteiger partial charge in [-0.2, -0.15) is 0 Å². The van der Waals surface area contributed by atoms with Crippen LogP contribution in [0, 0.1) is 6.92 Å². The minimum Gasteiger partial charge on any atom is -0.346 e. The van der Waals surface area contributed by atoms with Gasteiger partial charge in [0, 0.05) is 59.7 Å². The first kappa shape index (κ1) is 23.1. The van der Waals surface area contributed by atoms with Gasteiger partial charge >= 0.3 is 0 Å². The minimum absolute atomic E-state index is 0.106. The van der Waals surface area contributed by atoms with Crippen LogP contribution in [0.3, 0.4) is 0 Å². The van der Waals surface area contributed by atoms with Gasteiger partial charge in [-0.25, -0.2) is 0 Å². The molecule has 0 saturated heterocycles. The molecule has 0 bridgehead atoms. The van der Waals surface area contributed by atoms with Crippen molar-refractivity contribution in [2.24, 2.45) is 0 Å². The molecular weight excluding hydrogens is 527 g/mol. The number of hydrogen-bond acceptors (Lipinski definition) is 1. The summed E-state index contributed by atoms with van der Waals surface area (Å²) in [6.45, 7) is 7.03. The van der Waals surface area contributed by atoms with Gasteiger partial charge in [0.15, 0.2) is 7.28 Å². The van der Waals surface area contributed by atoms with E-state index in [9.17, 15) is 0 Å². The Morgan fingerprint density at radius 2 is 1.52 bits per heavy atom. The van der Waals surface area contributed by atoms with E-state index in [4.69, 9.17) is 0 Å². The number of para-hydroxylation sites is 2. The number of aromatic nitrogens is 2. The van der Waals surface area contributed by atoms with Gasteiger partial charge in [-0.1, -0.05) is 104 Å². The van der Waals surface area contributed by atoms with Crippen molar-refractivity contribution in [3.8, 4) is 27.9 Å². The smallest absolute Gasteiger partial charge is 0.197 e. The van der Waals surface area contributed by atoms with Gasteiger partial charge in [0.2, 0.25) is 0 Å². The predicted molar refractivity (Wildman–Crippen MR) is 181 cm³/mol. The summed E-state index contributed by atoms with van der Waals surface area (Å²) in [5.41, 5.74) is 15.7. The average molecular weight is 554 g/mol. The number of nitrogens with zero attached hydrogens (tertiary/aromatic N) is 1. The van der Waals surface area contributed by atoms with E-state index in [-0.39, 0.29) is 5.41 Å². The number of aryl methyl sites for hydroxylation is 1. The van der Waals surface area contributed by atoms with Crippen molar-refractivity contribution in [2.75, 3.05) is 0 Å². The zero-order valence-electron chi connectivity index (χ0n) is 23.7. The third kappa shape index (κ3) is 2.68. The first-order valence-electron chi connectivity index (χ1n) is 14.7. The average Bonchev–Trinajstić information content (AvgIpc) is 3.71. The molecule has 2 aliphatic rings. The van der Waals surface area contributed by atoms with E-state index in [1.54, 1.807) is 0 Å². The molecule has 10 rings (SSSR count). The molecule has 197 valence electrons. The molecule has 4 heteroatoms. The minimum atomic E-state index is -0.106. The Balaban J connectivity index is 1.30. The molecule has 0 amide bonds. The van der Waals surface area contributed by atoms with Crippen LogP contribution in [0.5, 0.6) is 0 Å². The van der Waals surface area contributed by atoms with Crippen LogP contribution in [0.1, 0.15) is 30.7 Å². The summed E-state index contributed by atoms with van der Waals surface area (Å²) in [6.07, 6.45) is 0. The van der Waals surface area contributed by atoms with E-state index in [0.29, 0.717) is 0 Å². The third-order valence-corrected chi connectivity index (χ3v) is 10.9. The summed E-state index contributed by atoms with van der Waals surface area (Å²) in [6, 6.07) is 36.2. The molecule has 3 aromatic heterocycles. The summed E-state index contributed by atoms with van der Waals surface area (Å²) in [7, 11) is 2.43. The van der Waals surface area contributed by atoms with Gasteiger partial charge in [0.05, 0.1) is 5.52 Å². The molecule has 2 nitrogen and oxygen atoms in total. The van der Waals surface area contributed by atoms with Crippen molar-refractivity contribution in [1.29, 1.82) is 0 Å². The van der Waals surface area contributed by atoms with Gasteiger partial charge in [0.1, 0.15) is 4.83 Å². The van der Waals surface area contributed by atoms with Crippen LogP contribution in [0.4, 0.5) is 0 Å². The van der Waals surface area contributed by atoms with Crippen LogP contribution in [-0.2, 0) is 5.41 Å². The normalized spacial score (nSPS) is 14.5. The third-order valence-electron chi connectivity index (χ3n) is 9.78. The van der Waals surface area contributed by atoms with Crippen molar-refractivity contribution in [2.45, 2.75) is 26.2 Å². The number of fused-ring (bicyclic) bond motifs is 12. The molecule has 0 unspecified atom stereocenters. The monoisotopic (exact) mass is 553 g/mol. The lowest BCUT2D eigenvalue weighted by Crippen LogP contribution is -2.38. The summed E-state index contributed by atoms with van der Waals surface area (Å²) < 4.78 is 3.94. The van der Waals surface area contributed by atoms with Gasteiger partial charge in [-0.05, 0) is 46.8 Å². The zero-order valence-corrected chi connectivity index (χ0v) is 24.5. The summed E-state index contributed by atoms with van der Waals surface area (Å²) >= 11 is 1.85. The molecule has 0 saturated carbocycles. The Morgan fingerprint density at radius 3 is 2.45 bits per heavy atom. The Hall–Kier alpha value is -4.54. The molecular formula is C38H26BN2S. The number of benzene rings is 5. The molecule has 1 N–H and O–H groups in total. The Labute approximate surface area is 248 Å². The maximum Gasteiger partial charge on any atom is 0.197 e. The van der Waals surface area contributed by atoms with Crippen LogP contribution in [0.15, 0.2) is 97.1 Å². The van der Waals surface area contributed by atoms with E-state index >= 15 is 0 Å². The molecule has 1 aliphatic heterocycles. The van der Waals surface area contributed by atoms with Gasteiger partial charge in [0.25, 0.3) is 0 Å². The highest BCUT2D eigenvalue weighted by molar-refractivity contribution is 7.25. The molecule has 1 radical (unpaired) electrons. The second kappa shape index (κ2) is 7.64. The summed E-state index contributed by atoms with van der Waals surface area (Å²) in [5, 5.41) is 5.32. The molecule has 0 fully saturated rings. The lowest BCUT2D eigenvalue weighted by atomic mass is 9.59. The second-order valence-electron chi connectivity index (χ2n) is 12.5. The maximum absolute atomic E-state index is 3.86. The van der Waals surface area contributed by atoms with Gasteiger partial charge in [-0.3, -0.25) is 0 Å². The number of nitrogens with one attached hydrogen (secondary N) is 1. The van der Waals surface area contributed by atoms with E-state index in [2.05, 4.69) is 135 Å². The van der Waals surface area contributed by atoms with Crippen LogP contribution < -0.4 is 10.9 Å². The Kier molecular flexibility index (Phi) is 4.20. The highest BCUT2D eigenvalue weighted by Crippen LogP contribution is 2.53. The van der Waals surface area contributed by atoms with Crippen molar-refractivity contribution >= 4 is 71.7 Å². The lowest BCUT2D eigenvalue weighted by Gasteiger charge is -2.29. The highest BCUT2D eigenvalue weighted by Gasteiger charge is 2.42. The number of rotatable bonds is 1. The van der Waals surface area contributed by atoms with E-state index in [1.165, 1.54) is 97.8 Å². The molecule has 8 aromatic rings. The molecule has 1 aliphatic carbocycles. The Morgan fingerprint density at radius 1 is 0.762 bits per heavy atom. The van der Waals surface area contributed by atoms with Crippen molar-refractivity contribution in [3.05, 3.63) is 114 Å². The maximum atomic E-state index is 3.86. The largest absolute Gasteiger partial charge is 0.346 e. The number of hydrogen-bond donors (Lipinski definition) is 1. The first-order valence-corrected chi connectivity index (χ1v) is 15.5. The lowest BCUT2D eigenvalue weighted by molar-refractivity contribution is 0.624. The number of aromatic amines is 1. The van der Waals surface area contributed by atoms with Crippen molar-refractivity contribution in [3.63, 3.8) is 0 Å². The molecule has 42 heavy (non-hydrogen) atoms. The zero-order chi connectivity index (χ0) is 27.9. The van der Waals surface area contributed by atoms with Crippen LogP contribution in [-0.4, -0.2) is 16.8 Å². The summed E-state index contributed by atoms with van der Waals surface area (Å²) in [4.78, 5) is 5.11. The fourth-order valence-corrected chi connectivity index (χ4v) is 9.21. The van der Waals surface area contributed by atoms with Crippen molar-refractivity contribution < 1.29 is 0 Å². The number of thiophene rings is 1. The Bertz CT molecular complexity index is 2490. The SMILES string of the molecule is Cc1cc(-c2cccc3c2[nH]c2sc4ccccc4c23)c2c(c1)-n1c3c(c4cccc(c41)[B]2)-c1ccccc1C3(C)C. The molecule has 5 aromatic carbocycles. The van der Waals surface area contributed by atoms with Crippen molar-refractivity contribution in [1.82, 2.24) is 9.55 Å². The van der Waals surface area contributed by atoms with E-state index in [1.807, 2.05) is 11.3 Å². The van der Waals surface area contributed by atoms with E-state index in [0.717, 1.165) is 0 Å². The quantitative estimate of drug-likeness (QED) is 0.196. The fourth-order valence-electron chi connectivity index (χ4n) is 8.09. The first-order chi connectivity index (χ1) is 20.5.